The molecule has 0 unspecified atom stereocenters. The zero-order chi connectivity index (χ0) is 17.0. The highest BCUT2D eigenvalue weighted by atomic mass is 35.5. The Balaban J connectivity index is 2.14. The Morgan fingerprint density at radius 2 is 1.87 bits per heavy atom. The van der Waals surface area contributed by atoms with Crippen molar-refractivity contribution in [2.45, 2.75) is 6.54 Å². The number of nitro benzene ring substituents is 1. The number of carbonyl (C=O) groups excluding carboxylic acids is 1. The number of halogens is 1. The molecule has 0 bridgehead atoms. The number of amides is 1. The van der Waals surface area contributed by atoms with Crippen LogP contribution in [0.1, 0.15) is 15.9 Å². The van der Waals surface area contributed by atoms with Crippen molar-refractivity contribution >= 4 is 28.9 Å². The Morgan fingerprint density at radius 3 is 2.43 bits per heavy atom. The molecule has 1 amide bonds. The molecule has 0 saturated carbocycles. The topological polar surface area (TPSA) is 75.5 Å². The van der Waals surface area contributed by atoms with Gasteiger partial charge < -0.3 is 10.2 Å². The molecule has 0 heterocycles. The van der Waals surface area contributed by atoms with Crippen LogP contribution < -0.4 is 10.2 Å². The molecule has 23 heavy (non-hydrogen) atoms. The first kappa shape index (κ1) is 16.8. The summed E-state index contributed by atoms with van der Waals surface area (Å²) in [5, 5.41) is 14.5. The fourth-order valence-corrected chi connectivity index (χ4v) is 2.20. The molecule has 0 saturated heterocycles. The predicted molar refractivity (Wildman–Crippen MR) is 90.0 cm³/mol. The number of anilines is 1. The summed E-state index contributed by atoms with van der Waals surface area (Å²) in [6.45, 7) is 0.319. The van der Waals surface area contributed by atoms with E-state index in [-0.39, 0.29) is 17.2 Å². The van der Waals surface area contributed by atoms with Crippen molar-refractivity contribution in [2.24, 2.45) is 0 Å². The van der Waals surface area contributed by atoms with Crippen LogP contribution in [0.25, 0.3) is 0 Å². The van der Waals surface area contributed by atoms with E-state index in [0.29, 0.717) is 17.3 Å². The summed E-state index contributed by atoms with van der Waals surface area (Å²) in [4.78, 5) is 24.5. The van der Waals surface area contributed by atoms with Crippen LogP contribution in [-0.2, 0) is 6.54 Å². The van der Waals surface area contributed by atoms with Crippen LogP contribution in [0.15, 0.2) is 42.5 Å². The number of nitrogens with one attached hydrogen (secondary N) is 1. The molecule has 0 aliphatic carbocycles. The molecule has 2 aromatic rings. The van der Waals surface area contributed by atoms with Gasteiger partial charge in [-0.1, -0.05) is 23.7 Å². The van der Waals surface area contributed by atoms with E-state index in [1.54, 1.807) is 55.4 Å². The van der Waals surface area contributed by atoms with Crippen LogP contribution in [0, 0.1) is 10.1 Å². The average molecular weight is 334 g/mol. The maximum atomic E-state index is 12.2. The van der Waals surface area contributed by atoms with Crippen LogP contribution in [-0.4, -0.2) is 24.9 Å². The Bertz CT molecular complexity index is 730. The highest BCUT2D eigenvalue weighted by molar-refractivity contribution is 6.30. The first-order valence-electron chi connectivity index (χ1n) is 6.87. The molecule has 7 heteroatoms. The van der Waals surface area contributed by atoms with E-state index in [1.807, 2.05) is 0 Å². The van der Waals surface area contributed by atoms with Crippen molar-refractivity contribution in [3.63, 3.8) is 0 Å². The van der Waals surface area contributed by atoms with Gasteiger partial charge in [-0.15, -0.1) is 0 Å². The summed E-state index contributed by atoms with van der Waals surface area (Å²) >= 11 is 5.80. The van der Waals surface area contributed by atoms with Gasteiger partial charge in [-0.3, -0.25) is 14.9 Å². The van der Waals surface area contributed by atoms with Gasteiger partial charge in [-0.05, 0) is 29.8 Å². The summed E-state index contributed by atoms with van der Waals surface area (Å²) in [5.74, 6) is -0.367. The number of nitro groups is 1. The SMILES string of the molecule is CN(C)c1ccc(C(=O)NCc2ccc(Cl)cc2)cc1[N+](=O)[O-]. The Hall–Kier alpha value is -2.60. The second kappa shape index (κ2) is 7.11. The lowest BCUT2D eigenvalue weighted by molar-refractivity contribution is -0.384. The van der Waals surface area contributed by atoms with Gasteiger partial charge in [0, 0.05) is 37.3 Å². The third-order valence-electron chi connectivity index (χ3n) is 3.28. The van der Waals surface area contributed by atoms with Crippen LogP contribution in [0.2, 0.25) is 5.02 Å². The molecule has 0 spiro atoms. The molecule has 0 aliphatic rings. The van der Waals surface area contributed by atoms with Gasteiger partial charge in [0.05, 0.1) is 4.92 Å². The van der Waals surface area contributed by atoms with E-state index >= 15 is 0 Å². The van der Waals surface area contributed by atoms with E-state index in [9.17, 15) is 14.9 Å². The summed E-state index contributed by atoms with van der Waals surface area (Å²) in [6, 6.07) is 11.5. The smallest absolute Gasteiger partial charge is 0.293 e. The average Bonchev–Trinajstić information content (AvgIpc) is 2.53. The monoisotopic (exact) mass is 333 g/mol. The molecule has 2 aromatic carbocycles. The van der Waals surface area contributed by atoms with Crippen molar-refractivity contribution < 1.29 is 9.72 Å². The zero-order valence-electron chi connectivity index (χ0n) is 12.7. The molecule has 0 radical (unpaired) electrons. The van der Waals surface area contributed by atoms with Crippen molar-refractivity contribution in [3.05, 3.63) is 68.7 Å². The number of nitrogens with zero attached hydrogens (tertiary/aromatic N) is 2. The minimum atomic E-state index is -0.495. The molecule has 0 atom stereocenters. The molecule has 120 valence electrons. The Morgan fingerprint density at radius 1 is 1.22 bits per heavy atom. The predicted octanol–water partition coefficient (Wildman–Crippen LogP) is 3.24. The minimum absolute atomic E-state index is 0.103. The van der Waals surface area contributed by atoms with Crippen LogP contribution >= 0.6 is 11.6 Å². The number of hydrogen-bond donors (Lipinski definition) is 1. The second-order valence-corrected chi connectivity index (χ2v) is 5.60. The molecular formula is C16H16ClN3O3. The largest absolute Gasteiger partial charge is 0.372 e. The first-order valence-corrected chi connectivity index (χ1v) is 7.24. The van der Waals surface area contributed by atoms with Gasteiger partial charge in [0.2, 0.25) is 0 Å². The maximum absolute atomic E-state index is 12.2. The van der Waals surface area contributed by atoms with Crippen LogP contribution in [0.4, 0.5) is 11.4 Å². The third kappa shape index (κ3) is 4.20. The fourth-order valence-electron chi connectivity index (χ4n) is 2.08. The minimum Gasteiger partial charge on any atom is -0.372 e. The van der Waals surface area contributed by atoms with Gasteiger partial charge in [-0.2, -0.15) is 0 Å². The highest BCUT2D eigenvalue weighted by Gasteiger charge is 2.18. The third-order valence-corrected chi connectivity index (χ3v) is 3.53. The van der Waals surface area contributed by atoms with Crippen molar-refractivity contribution in [1.82, 2.24) is 5.32 Å². The van der Waals surface area contributed by atoms with Crippen LogP contribution in [0.5, 0.6) is 0 Å². The first-order chi connectivity index (χ1) is 10.9. The molecule has 6 nitrogen and oxygen atoms in total. The number of carbonyl (C=O) groups is 1. The van der Waals surface area contributed by atoms with Crippen molar-refractivity contribution in [1.29, 1.82) is 0 Å². The molecule has 0 fully saturated rings. The summed E-state index contributed by atoms with van der Waals surface area (Å²) in [5.41, 5.74) is 1.48. The van der Waals surface area contributed by atoms with Gasteiger partial charge in [0.15, 0.2) is 0 Å². The summed E-state index contributed by atoms with van der Waals surface area (Å²) < 4.78 is 0. The molecule has 0 aromatic heterocycles. The van der Waals surface area contributed by atoms with E-state index in [0.717, 1.165) is 5.56 Å². The maximum Gasteiger partial charge on any atom is 0.293 e. The second-order valence-electron chi connectivity index (χ2n) is 5.16. The molecule has 1 N–H and O–H groups in total. The van der Waals surface area contributed by atoms with Gasteiger partial charge in [0.25, 0.3) is 11.6 Å². The number of benzene rings is 2. The van der Waals surface area contributed by atoms with E-state index in [4.69, 9.17) is 11.6 Å². The quantitative estimate of drug-likeness (QED) is 0.673. The summed E-state index contributed by atoms with van der Waals surface area (Å²) in [7, 11) is 3.42. The van der Waals surface area contributed by atoms with Crippen molar-refractivity contribution in [2.75, 3.05) is 19.0 Å². The van der Waals surface area contributed by atoms with E-state index in [1.165, 1.54) is 6.07 Å². The summed E-state index contributed by atoms with van der Waals surface area (Å²) in [6.07, 6.45) is 0. The van der Waals surface area contributed by atoms with Gasteiger partial charge >= 0.3 is 0 Å². The molecular weight excluding hydrogens is 318 g/mol. The lowest BCUT2D eigenvalue weighted by atomic mass is 10.1. The lowest BCUT2D eigenvalue weighted by Crippen LogP contribution is -2.23. The number of hydrogen-bond acceptors (Lipinski definition) is 4. The zero-order valence-corrected chi connectivity index (χ0v) is 13.5. The van der Waals surface area contributed by atoms with E-state index < -0.39 is 4.92 Å². The van der Waals surface area contributed by atoms with Crippen LogP contribution in [0.3, 0.4) is 0 Å². The molecule has 2 rings (SSSR count). The Kier molecular flexibility index (Phi) is 5.18. The number of rotatable bonds is 5. The van der Waals surface area contributed by atoms with Crippen molar-refractivity contribution in [3.8, 4) is 0 Å². The highest BCUT2D eigenvalue weighted by Crippen LogP contribution is 2.27. The lowest BCUT2D eigenvalue weighted by Gasteiger charge is -2.13. The van der Waals surface area contributed by atoms with Gasteiger partial charge in [0.1, 0.15) is 5.69 Å². The normalized spacial score (nSPS) is 10.2. The van der Waals surface area contributed by atoms with Gasteiger partial charge in [-0.25, -0.2) is 0 Å². The Labute approximate surface area is 138 Å². The molecule has 0 aliphatic heterocycles. The standard InChI is InChI=1S/C16H16ClN3O3/c1-19(2)14-8-5-12(9-15(14)20(22)23)16(21)18-10-11-3-6-13(17)7-4-11/h3-9H,10H2,1-2H3,(H,18,21). The fraction of sp³-hybridized carbons (Fsp3) is 0.188. The van der Waals surface area contributed by atoms with E-state index in [2.05, 4.69) is 5.32 Å².